The smallest absolute Gasteiger partial charge is 0.354 e. The van der Waals surface area contributed by atoms with E-state index in [-0.39, 0.29) is 17.1 Å². The van der Waals surface area contributed by atoms with Gasteiger partial charge in [0.1, 0.15) is 10.3 Å². The zero-order valence-electron chi connectivity index (χ0n) is 9.37. The van der Waals surface area contributed by atoms with Gasteiger partial charge >= 0.3 is 5.97 Å². The molecule has 7 nitrogen and oxygen atoms in total. The number of halogens is 1. The molecule has 96 valence electrons. The summed E-state index contributed by atoms with van der Waals surface area (Å²) in [5.41, 5.74) is 0.106. The topological polar surface area (TPSA) is 105 Å². The van der Waals surface area contributed by atoms with Gasteiger partial charge in [0.15, 0.2) is 5.82 Å². The predicted octanol–water partition coefficient (Wildman–Crippen LogP) is 1.58. The minimum Gasteiger partial charge on any atom is -0.477 e. The van der Waals surface area contributed by atoms with Gasteiger partial charge in [-0.05, 0) is 28.1 Å². The Morgan fingerprint density at radius 3 is 2.42 bits per heavy atom. The van der Waals surface area contributed by atoms with Gasteiger partial charge in [-0.15, -0.1) is 0 Å². The molecule has 2 rings (SSSR count). The van der Waals surface area contributed by atoms with Crippen LogP contribution in [0.1, 0.15) is 20.8 Å². The highest BCUT2D eigenvalue weighted by molar-refractivity contribution is 9.10. The molecule has 2 aromatic rings. The predicted molar refractivity (Wildman–Crippen MR) is 68.9 cm³/mol. The van der Waals surface area contributed by atoms with Crippen LogP contribution in [-0.2, 0) is 0 Å². The van der Waals surface area contributed by atoms with E-state index in [4.69, 9.17) is 5.11 Å². The van der Waals surface area contributed by atoms with Gasteiger partial charge in [-0.2, -0.15) is 0 Å². The van der Waals surface area contributed by atoms with E-state index in [9.17, 15) is 9.59 Å². The summed E-state index contributed by atoms with van der Waals surface area (Å²) in [5.74, 6) is -1.30. The molecule has 0 aliphatic heterocycles. The number of hydrogen-bond acceptors (Lipinski definition) is 5. The standard InChI is InChI=1S/C11H7BrN4O3/c12-8-4-15-9(5-14-8)16-10(17)6-1-2-7(11(18)19)13-3-6/h1-5H,(H,18,19)(H,15,16,17). The molecule has 0 fully saturated rings. The average molecular weight is 323 g/mol. The molecule has 0 saturated carbocycles. The first-order valence-electron chi connectivity index (χ1n) is 5.04. The first-order valence-corrected chi connectivity index (χ1v) is 5.84. The fourth-order valence-corrected chi connectivity index (χ4v) is 1.42. The number of amides is 1. The Labute approximate surface area is 115 Å². The van der Waals surface area contributed by atoms with Crippen LogP contribution in [0.4, 0.5) is 5.82 Å². The number of hydrogen-bond donors (Lipinski definition) is 2. The average Bonchev–Trinajstić information content (AvgIpc) is 2.41. The molecule has 0 spiro atoms. The van der Waals surface area contributed by atoms with Crippen molar-refractivity contribution in [1.29, 1.82) is 0 Å². The summed E-state index contributed by atoms with van der Waals surface area (Å²) in [6.07, 6.45) is 4.02. The molecule has 0 aliphatic rings. The van der Waals surface area contributed by atoms with E-state index in [0.717, 1.165) is 0 Å². The van der Waals surface area contributed by atoms with Crippen molar-refractivity contribution in [2.45, 2.75) is 0 Å². The fourth-order valence-electron chi connectivity index (χ4n) is 1.22. The van der Waals surface area contributed by atoms with Gasteiger partial charge in [0.2, 0.25) is 0 Å². The number of pyridine rings is 1. The van der Waals surface area contributed by atoms with Crippen molar-refractivity contribution < 1.29 is 14.7 Å². The molecular weight excluding hydrogens is 316 g/mol. The van der Waals surface area contributed by atoms with Crippen molar-refractivity contribution in [3.8, 4) is 0 Å². The third-order valence-electron chi connectivity index (χ3n) is 2.11. The molecule has 2 N–H and O–H groups in total. The fraction of sp³-hybridized carbons (Fsp3) is 0. The maximum absolute atomic E-state index is 11.8. The van der Waals surface area contributed by atoms with E-state index in [1.54, 1.807) is 0 Å². The number of rotatable bonds is 3. The zero-order valence-corrected chi connectivity index (χ0v) is 11.0. The monoisotopic (exact) mass is 322 g/mol. The number of nitrogens with zero attached hydrogens (tertiary/aromatic N) is 3. The van der Waals surface area contributed by atoms with E-state index < -0.39 is 11.9 Å². The van der Waals surface area contributed by atoms with Crippen LogP contribution in [0.5, 0.6) is 0 Å². The summed E-state index contributed by atoms with van der Waals surface area (Å²) < 4.78 is 0.554. The molecule has 1 amide bonds. The summed E-state index contributed by atoms with van der Waals surface area (Å²) in [7, 11) is 0. The third kappa shape index (κ3) is 3.32. The molecular formula is C11H7BrN4O3. The van der Waals surface area contributed by atoms with Crippen LogP contribution < -0.4 is 5.32 Å². The zero-order chi connectivity index (χ0) is 13.8. The Bertz CT molecular complexity index is 613. The molecule has 0 atom stereocenters. The number of aromatic nitrogens is 3. The van der Waals surface area contributed by atoms with E-state index in [2.05, 4.69) is 36.2 Å². The lowest BCUT2D eigenvalue weighted by molar-refractivity contribution is 0.0690. The highest BCUT2D eigenvalue weighted by atomic mass is 79.9. The molecule has 0 saturated heterocycles. The van der Waals surface area contributed by atoms with E-state index in [1.165, 1.54) is 30.7 Å². The van der Waals surface area contributed by atoms with Crippen molar-refractivity contribution in [3.05, 3.63) is 46.6 Å². The van der Waals surface area contributed by atoms with Crippen LogP contribution in [0.15, 0.2) is 35.3 Å². The molecule has 2 heterocycles. The largest absolute Gasteiger partial charge is 0.477 e. The second-order valence-corrected chi connectivity index (χ2v) is 4.23. The Morgan fingerprint density at radius 2 is 1.89 bits per heavy atom. The van der Waals surface area contributed by atoms with Crippen LogP contribution in [0, 0.1) is 0 Å². The van der Waals surface area contributed by atoms with E-state index >= 15 is 0 Å². The number of carbonyl (C=O) groups excluding carboxylic acids is 1. The van der Waals surface area contributed by atoms with Gasteiger partial charge < -0.3 is 10.4 Å². The highest BCUT2D eigenvalue weighted by Gasteiger charge is 2.10. The van der Waals surface area contributed by atoms with Crippen LogP contribution >= 0.6 is 15.9 Å². The van der Waals surface area contributed by atoms with Crippen molar-refractivity contribution in [3.63, 3.8) is 0 Å². The molecule has 0 radical (unpaired) electrons. The van der Waals surface area contributed by atoms with Gasteiger partial charge in [0.05, 0.1) is 18.0 Å². The Morgan fingerprint density at radius 1 is 1.11 bits per heavy atom. The second-order valence-electron chi connectivity index (χ2n) is 3.42. The molecule has 8 heteroatoms. The van der Waals surface area contributed by atoms with Crippen LogP contribution in [0.2, 0.25) is 0 Å². The van der Waals surface area contributed by atoms with Gasteiger partial charge in [-0.3, -0.25) is 4.79 Å². The number of nitrogens with one attached hydrogen (secondary N) is 1. The molecule has 0 aromatic carbocycles. The number of carbonyl (C=O) groups is 2. The van der Waals surface area contributed by atoms with Gasteiger partial charge in [-0.25, -0.2) is 19.7 Å². The van der Waals surface area contributed by atoms with Gasteiger partial charge in [0.25, 0.3) is 5.91 Å². The molecule has 0 aliphatic carbocycles. The van der Waals surface area contributed by atoms with Crippen LogP contribution in [-0.4, -0.2) is 31.9 Å². The first kappa shape index (κ1) is 13.1. The number of carboxylic acids is 1. The molecule has 0 unspecified atom stereocenters. The van der Waals surface area contributed by atoms with Gasteiger partial charge in [0, 0.05) is 6.20 Å². The summed E-state index contributed by atoms with van der Waals surface area (Å²) in [4.78, 5) is 33.9. The maximum Gasteiger partial charge on any atom is 0.354 e. The second kappa shape index (κ2) is 5.53. The molecule has 2 aromatic heterocycles. The Hall–Kier alpha value is -2.35. The quantitative estimate of drug-likeness (QED) is 0.888. The lowest BCUT2D eigenvalue weighted by Crippen LogP contribution is -2.14. The minimum absolute atomic E-state index is 0.125. The van der Waals surface area contributed by atoms with Crippen molar-refractivity contribution in [2.75, 3.05) is 5.32 Å². The number of aromatic carboxylic acids is 1. The van der Waals surface area contributed by atoms with Crippen LogP contribution in [0.3, 0.4) is 0 Å². The molecule has 19 heavy (non-hydrogen) atoms. The van der Waals surface area contributed by atoms with E-state index in [1.807, 2.05) is 0 Å². The summed E-state index contributed by atoms with van der Waals surface area (Å²) in [6.45, 7) is 0. The molecule has 0 bridgehead atoms. The van der Waals surface area contributed by atoms with Crippen molar-refractivity contribution >= 4 is 33.6 Å². The Kier molecular flexibility index (Phi) is 3.81. The number of anilines is 1. The summed E-state index contributed by atoms with van der Waals surface area (Å²) in [5, 5.41) is 11.2. The Balaban J connectivity index is 2.11. The van der Waals surface area contributed by atoms with Gasteiger partial charge in [-0.1, -0.05) is 0 Å². The lowest BCUT2D eigenvalue weighted by atomic mass is 10.2. The summed E-state index contributed by atoms with van der Waals surface area (Å²) >= 11 is 3.13. The lowest BCUT2D eigenvalue weighted by Gasteiger charge is -2.03. The van der Waals surface area contributed by atoms with E-state index in [0.29, 0.717) is 4.60 Å². The normalized spacial score (nSPS) is 9.95. The minimum atomic E-state index is -1.15. The number of carboxylic acid groups (broad SMARTS) is 1. The summed E-state index contributed by atoms with van der Waals surface area (Å²) in [6, 6.07) is 2.63. The first-order chi connectivity index (χ1) is 9.06. The van der Waals surface area contributed by atoms with Crippen LogP contribution in [0.25, 0.3) is 0 Å². The van der Waals surface area contributed by atoms with Crippen molar-refractivity contribution in [2.24, 2.45) is 0 Å². The van der Waals surface area contributed by atoms with Crippen molar-refractivity contribution in [1.82, 2.24) is 15.0 Å². The SMILES string of the molecule is O=C(Nc1cnc(Br)cn1)c1ccc(C(=O)O)nc1. The maximum atomic E-state index is 11.8. The third-order valence-corrected chi connectivity index (χ3v) is 2.52. The highest BCUT2D eigenvalue weighted by Crippen LogP contribution is 2.08.